The van der Waals surface area contributed by atoms with Crippen molar-refractivity contribution < 1.29 is 28.6 Å². The summed E-state index contributed by atoms with van der Waals surface area (Å²) >= 11 is 0. The molecule has 0 amide bonds. The molecule has 0 aromatic heterocycles. The molecule has 0 aliphatic rings. The number of rotatable bonds is 51. The molecule has 71 heavy (non-hydrogen) atoms. The molecule has 402 valence electrons. The van der Waals surface area contributed by atoms with Crippen LogP contribution in [-0.2, 0) is 28.6 Å². The molecular formula is C65H106O6. The highest BCUT2D eigenvalue weighted by Gasteiger charge is 2.19. The maximum absolute atomic E-state index is 12.8. The van der Waals surface area contributed by atoms with E-state index < -0.39 is 6.10 Å². The summed E-state index contributed by atoms with van der Waals surface area (Å²) in [6, 6.07) is 0. The van der Waals surface area contributed by atoms with Gasteiger partial charge in [0.25, 0.3) is 0 Å². The zero-order valence-electron chi connectivity index (χ0n) is 45.9. The van der Waals surface area contributed by atoms with Crippen molar-refractivity contribution in [2.75, 3.05) is 13.2 Å². The molecule has 0 aliphatic heterocycles. The van der Waals surface area contributed by atoms with Crippen molar-refractivity contribution in [2.45, 2.75) is 258 Å². The lowest BCUT2D eigenvalue weighted by Crippen LogP contribution is -2.30. The molecule has 0 N–H and O–H groups in total. The normalized spacial score (nSPS) is 13.0. The van der Waals surface area contributed by atoms with Crippen molar-refractivity contribution in [3.8, 4) is 0 Å². The lowest BCUT2D eigenvalue weighted by molar-refractivity contribution is -0.167. The molecule has 0 fully saturated rings. The van der Waals surface area contributed by atoms with Gasteiger partial charge in [-0.2, -0.15) is 0 Å². The SMILES string of the molecule is CC/C=C\C/C=C\C/C=C\C/C=C\C/C=C\C/C=C\C/C=C\CCCC(=O)OCC(COC(=O)CCCCCCCCC)OC(=O)CCCCCCCCCC/C=C\C/C=C\C/C=C\CCCCCCC. The van der Waals surface area contributed by atoms with E-state index in [1.165, 1.54) is 96.3 Å². The fourth-order valence-corrected chi connectivity index (χ4v) is 7.61. The fraction of sp³-hybridized carbons (Fsp3) is 0.646. The van der Waals surface area contributed by atoms with Gasteiger partial charge in [0.05, 0.1) is 0 Å². The Morgan fingerprint density at radius 3 is 0.915 bits per heavy atom. The van der Waals surface area contributed by atoms with Crippen LogP contribution in [0.4, 0.5) is 0 Å². The Hall–Kier alpha value is -4.19. The second kappa shape index (κ2) is 58.4. The van der Waals surface area contributed by atoms with Crippen LogP contribution in [0.5, 0.6) is 0 Å². The zero-order chi connectivity index (χ0) is 51.4. The van der Waals surface area contributed by atoms with E-state index in [0.717, 1.165) is 109 Å². The van der Waals surface area contributed by atoms with Crippen LogP contribution < -0.4 is 0 Å². The Morgan fingerprint density at radius 1 is 0.296 bits per heavy atom. The summed E-state index contributed by atoms with van der Waals surface area (Å²) in [6.45, 7) is 6.41. The zero-order valence-corrected chi connectivity index (χ0v) is 45.9. The molecule has 0 saturated heterocycles. The Balaban J connectivity index is 4.34. The molecule has 0 aromatic rings. The van der Waals surface area contributed by atoms with Crippen LogP contribution in [0.3, 0.4) is 0 Å². The number of hydrogen-bond acceptors (Lipinski definition) is 6. The van der Waals surface area contributed by atoms with E-state index in [1.807, 2.05) is 0 Å². The topological polar surface area (TPSA) is 78.9 Å². The van der Waals surface area contributed by atoms with Crippen molar-refractivity contribution in [3.63, 3.8) is 0 Å². The second-order valence-corrected chi connectivity index (χ2v) is 18.8. The first-order chi connectivity index (χ1) is 35.0. The lowest BCUT2D eigenvalue weighted by Gasteiger charge is -2.18. The summed E-state index contributed by atoms with van der Waals surface area (Å²) in [5, 5.41) is 0. The molecule has 0 aliphatic carbocycles. The predicted octanol–water partition coefficient (Wildman–Crippen LogP) is 19.6. The lowest BCUT2D eigenvalue weighted by atomic mass is 10.1. The maximum atomic E-state index is 12.8. The Bertz CT molecular complexity index is 1500. The van der Waals surface area contributed by atoms with E-state index in [0.29, 0.717) is 19.3 Å². The molecule has 0 saturated carbocycles. The molecule has 0 bridgehead atoms. The van der Waals surface area contributed by atoms with Crippen molar-refractivity contribution in [2.24, 2.45) is 0 Å². The minimum Gasteiger partial charge on any atom is -0.462 e. The number of hydrogen-bond donors (Lipinski definition) is 0. The quantitative estimate of drug-likeness (QED) is 0.0261. The first kappa shape index (κ1) is 66.8. The first-order valence-corrected chi connectivity index (χ1v) is 29.0. The van der Waals surface area contributed by atoms with Gasteiger partial charge in [0.2, 0.25) is 0 Å². The summed E-state index contributed by atoms with van der Waals surface area (Å²) < 4.78 is 16.7. The van der Waals surface area contributed by atoms with E-state index in [-0.39, 0.29) is 37.5 Å². The maximum Gasteiger partial charge on any atom is 0.306 e. The summed E-state index contributed by atoms with van der Waals surface area (Å²) in [6.07, 6.45) is 80.7. The summed E-state index contributed by atoms with van der Waals surface area (Å²) in [5.74, 6) is -0.980. The van der Waals surface area contributed by atoms with Gasteiger partial charge >= 0.3 is 17.9 Å². The molecule has 0 heterocycles. The Labute approximate surface area is 437 Å². The van der Waals surface area contributed by atoms with Crippen LogP contribution >= 0.6 is 0 Å². The minimum atomic E-state index is -0.806. The van der Waals surface area contributed by atoms with Crippen molar-refractivity contribution in [3.05, 3.63) is 122 Å². The number of allylic oxidation sites excluding steroid dienone is 20. The Kier molecular flexibility index (Phi) is 54.9. The number of unbranched alkanes of at least 4 members (excludes halogenated alkanes) is 20. The van der Waals surface area contributed by atoms with E-state index in [2.05, 4.69) is 142 Å². The van der Waals surface area contributed by atoms with Crippen LogP contribution in [-0.4, -0.2) is 37.2 Å². The van der Waals surface area contributed by atoms with Gasteiger partial charge in [-0.1, -0.05) is 245 Å². The van der Waals surface area contributed by atoms with E-state index in [4.69, 9.17) is 14.2 Å². The summed E-state index contributed by atoms with van der Waals surface area (Å²) in [5.41, 5.74) is 0. The molecular weight excluding hydrogens is 877 g/mol. The molecule has 0 spiro atoms. The number of carbonyl (C=O) groups is 3. The van der Waals surface area contributed by atoms with Crippen LogP contribution in [0.2, 0.25) is 0 Å². The van der Waals surface area contributed by atoms with Gasteiger partial charge in [0.15, 0.2) is 6.10 Å². The van der Waals surface area contributed by atoms with Crippen LogP contribution in [0.25, 0.3) is 0 Å². The summed E-state index contributed by atoms with van der Waals surface area (Å²) in [7, 11) is 0. The molecule has 6 heteroatoms. The molecule has 1 unspecified atom stereocenters. The molecule has 0 aromatic carbocycles. The highest BCUT2D eigenvalue weighted by Crippen LogP contribution is 2.14. The molecule has 6 nitrogen and oxygen atoms in total. The molecule has 1 atom stereocenters. The van der Waals surface area contributed by atoms with Gasteiger partial charge in [-0.3, -0.25) is 14.4 Å². The van der Waals surface area contributed by atoms with Crippen molar-refractivity contribution in [1.82, 2.24) is 0 Å². The van der Waals surface area contributed by atoms with Crippen LogP contribution in [0, 0.1) is 0 Å². The van der Waals surface area contributed by atoms with E-state index in [1.54, 1.807) is 0 Å². The van der Waals surface area contributed by atoms with Crippen LogP contribution in [0.15, 0.2) is 122 Å². The third-order valence-corrected chi connectivity index (χ3v) is 12.0. The fourth-order valence-electron chi connectivity index (χ4n) is 7.61. The smallest absolute Gasteiger partial charge is 0.306 e. The van der Waals surface area contributed by atoms with Gasteiger partial charge in [-0.15, -0.1) is 0 Å². The van der Waals surface area contributed by atoms with E-state index >= 15 is 0 Å². The third kappa shape index (κ3) is 56.6. The minimum absolute atomic E-state index is 0.101. The molecule has 0 rings (SSSR count). The standard InChI is InChI=1S/C65H106O6/c1-4-7-10-13-16-18-20-22-24-26-28-30-32-34-36-38-40-42-44-46-49-52-55-58-64(67)70-61-62(60-69-63(66)57-54-51-48-15-12-9-6-3)71-65(68)59-56-53-50-47-45-43-41-39-37-35-33-31-29-27-25-23-21-19-17-14-11-8-5-2/h7,10,16,18,21-24,27-30,33-36,40,42,46,49,62H,4-6,8-9,11-15,17,19-20,25-26,31-32,37-39,41,43-45,47-48,50-61H2,1-3H3/b10-7-,18-16-,23-21-,24-22-,29-27-,30-28-,35-33-,36-34-,42-40-,49-46-. The van der Waals surface area contributed by atoms with Gasteiger partial charge in [-0.25, -0.2) is 0 Å². The van der Waals surface area contributed by atoms with Crippen LogP contribution in [0.1, 0.15) is 252 Å². The number of carbonyl (C=O) groups excluding carboxylic acids is 3. The highest BCUT2D eigenvalue weighted by atomic mass is 16.6. The third-order valence-electron chi connectivity index (χ3n) is 12.0. The average molecular weight is 984 g/mol. The number of ether oxygens (including phenoxy) is 3. The largest absolute Gasteiger partial charge is 0.462 e. The monoisotopic (exact) mass is 983 g/mol. The highest BCUT2D eigenvalue weighted by molar-refractivity contribution is 5.71. The second-order valence-electron chi connectivity index (χ2n) is 18.8. The first-order valence-electron chi connectivity index (χ1n) is 29.0. The molecule has 0 radical (unpaired) electrons. The van der Waals surface area contributed by atoms with Gasteiger partial charge in [-0.05, 0) is 109 Å². The van der Waals surface area contributed by atoms with Gasteiger partial charge in [0.1, 0.15) is 13.2 Å². The average Bonchev–Trinajstić information content (AvgIpc) is 3.37. The van der Waals surface area contributed by atoms with Gasteiger partial charge < -0.3 is 14.2 Å². The summed E-state index contributed by atoms with van der Waals surface area (Å²) in [4.78, 5) is 38.0. The predicted molar refractivity (Wildman–Crippen MR) is 306 cm³/mol. The van der Waals surface area contributed by atoms with Gasteiger partial charge in [0, 0.05) is 19.3 Å². The van der Waals surface area contributed by atoms with Crippen molar-refractivity contribution in [1.29, 1.82) is 0 Å². The van der Waals surface area contributed by atoms with Crippen molar-refractivity contribution >= 4 is 17.9 Å². The Morgan fingerprint density at radius 2 is 0.563 bits per heavy atom. The number of esters is 3. The van der Waals surface area contributed by atoms with E-state index in [9.17, 15) is 14.4 Å².